The molecule has 2 heterocycles. The predicted octanol–water partition coefficient (Wildman–Crippen LogP) is 4.95. The molecule has 0 N–H and O–H groups in total. The van der Waals surface area contributed by atoms with Gasteiger partial charge in [-0.1, -0.05) is 29.5 Å². The van der Waals surface area contributed by atoms with E-state index >= 15 is 0 Å². The minimum absolute atomic E-state index is 0.0501. The standard InChI is InChI=1S/C21H21N3OS2/c1-13-8-9-16(14(2)12-13)24-20(25)18-15-6-5-7-17(15)27-19(18)23-21(24)26-11-4-3-10-22/h8-9,12H,3-7,11H2,1-2H3. The highest BCUT2D eigenvalue weighted by atomic mass is 32.2. The molecule has 27 heavy (non-hydrogen) atoms. The number of fused-ring (bicyclic) bond motifs is 3. The molecule has 0 bridgehead atoms. The number of hydrogen-bond acceptors (Lipinski definition) is 5. The normalized spacial score (nSPS) is 13.1. The van der Waals surface area contributed by atoms with Crippen LogP contribution in [0.3, 0.4) is 0 Å². The summed E-state index contributed by atoms with van der Waals surface area (Å²) in [5.74, 6) is 0.779. The zero-order chi connectivity index (χ0) is 19.0. The van der Waals surface area contributed by atoms with E-state index in [9.17, 15) is 4.79 Å². The molecule has 1 aromatic carbocycles. The van der Waals surface area contributed by atoms with Crippen molar-refractivity contribution in [3.05, 3.63) is 50.1 Å². The summed E-state index contributed by atoms with van der Waals surface area (Å²) in [6.07, 6.45) is 4.49. The van der Waals surface area contributed by atoms with Crippen molar-refractivity contribution in [2.45, 2.75) is 51.1 Å². The zero-order valence-electron chi connectivity index (χ0n) is 15.5. The Hall–Kier alpha value is -2.10. The number of thioether (sulfide) groups is 1. The maximum Gasteiger partial charge on any atom is 0.267 e. The molecule has 4 rings (SSSR count). The molecule has 138 valence electrons. The number of nitriles is 1. The summed E-state index contributed by atoms with van der Waals surface area (Å²) < 4.78 is 1.79. The first-order valence-corrected chi connectivity index (χ1v) is 11.0. The minimum Gasteiger partial charge on any atom is -0.268 e. The Balaban J connectivity index is 1.91. The number of benzene rings is 1. The molecule has 2 aromatic heterocycles. The van der Waals surface area contributed by atoms with Crippen LogP contribution in [0.5, 0.6) is 0 Å². The molecule has 4 nitrogen and oxygen atoms in total. The van der Waals surface area contributed by atoms with Crippen molar-refractivity contribution in [1.29, 1.82) is 5.26 Å². The fourth-order valence-corrected chi connectivity index (χ4v) is 5.95. The molecule has 1 aliphatic rings. The largest absolute Gasteiger partial charge is 0.268 e. The van der Waals surface area contributed by atoms with Crippen LogP contribution in [0.15, 0.2) is 28.2 Å². The van der Waals surface area contributed by atoms with E-state index in [1.165, 1.54) is 16.0 Å². The number of thiophene rings is 1. The van der Waals surface area contributed by atoms with E-state index in [0.29, 0.717) is 6.42 Å². The van der Waals surface area contributed by atoms with Gasteiger partial charge in [0.15, 0.2) is 5.16 Å². The Morgan fingerprint density at radius 3 is 2.96 bits per heavy atom. The molecule has 0 atom stereocenters. The van der Waals surface area contributed by atoms with Crippen molar-refractivity contribution in [2.75, 3.05) is 5.75 Å². The number of rotatable bonds is 5. The molecular formula is C21H21N3OS2. The maximum absolute atomic E-state index is 13.6. The van der Waals surface area contributed by atoms with Crippen LogP contribution in [-0.4, -0.2) is 15.3 Å². The smallest absolute Gasteiger partial charge is 0.267 e. The Morgan fingerprint density at radius 1 is 1.33 bits per heavy atom. The van der Waals surface area contributed by atoms with Gasteiger partial charge in [0.25, 0.3) is 5.56 Å². The lowest BCUT2D eigenvalue weighted by Gasteiger charge is -2.15. The molecule has 0 unspecified atom stereocenters. The van der Waals surface area contributed by atoms with E-state index < -0.39 is 0 Å². The van der Waals surface area contributed by atoms with E-state index in [0.717, 1.165) is 58.1 Å². The highest BCUT2D eigenvalue weighted by Crippen LogP contribution is 2.36. The summed E-state index contributed by atoms with van der Waals surface area (Å²) in [5, 5.41) is 10.3. The Labute approximate surface area is 166 Å². The summed E-state index contributed by atoms with van der Waals surface area (Å²) in [7, 11) is 0. The summed E-state index contributed by atoms with van der Waals surface area (Å²) in [6.45, 7) is 4.10. The SMILES string of the molecule is Cc1ccc(-n2c(SCCCC#N)nc3sc4c(c3c2=O)CCC4)c(C)c1. The zero-order valence-corrected chi connectivity index (χ0v) is 17.2. The molecule has 0 aliphatic heterocycles. The van der Waals surface area contributed by atoms with Crippen molar-refractivity contribution < 1.29 is 0 Å². The van der Waals surface area contributed by atoms with Crippen molar-refractivity contribution in [1.82, 2.24) is 9.55 Å². The number of aromatic nitrogens is 2. The quantitative estimate of drug-likeness (QED) is 0.348. The number of nitrogens with zero attached hydrogens (tertiary/aromatic N) is 3. The van der Waals surface area contributed by atoms with Gasteiger partial charge in [0, 0.05) is 17.1 Å². The van der Waals surface area contributed by atoms with E-state index in [1.54, 1.807) is 27.7 Å². The first-order chi connectivity index (χ1) is 13.1. The minimum atomic E-state index is 0.0501. The molecule has 0 amide bonds. The van der Waals surface area contributed by atoms with E-state index in [2.05, 4.69) is 19.1 Å². The lowest BCUT2D eigenvalue weighted by Crippen LogP contribution is -2.22. The molecule has 0 saturated heterocycles. The fourth-order valence-electron chi connectivity index (χ4n) is 3.70. The van der Waals surface area contributed by atoms with Crippen molar-refractivity contribution in [3.63, 3.8) is 0 Å². The first-order valence-electron chi connectivity index (χ1n) is 9.25. The van der Waals surface area contributed by atoms with Gasteiger partial charge in [0.05, 0.1) is 17.1 Å². The highest BCUT2D eigenvalue weighted by molar-refractivity contribution is 7.99. The summed E-state index contributed by atoms with van der Waals surface area (Å²) >= 11 is 3.25. The lowest BCUT2D eigenvalue weighted by molar-refractivity contribution is 0.812. The second-order valence-corrected chi connectivity index (χ2v) is 9.12. The van der Waals surface area contributed by atoms with Crippen molar-refractivity contribution in [2.24, 2.45) is 0 Å². The number of unbranched alkanes of at least 4 members (excludes halogenated alkanes) is 1. The Bertz CT molecular complexity index is 1120. The molecule has 1 aliphatic carbocycles. The predicted molar refractivity (Wildman–Crippen MR) is 112 cm³/mol. The van der Waals surface area contributed by atoms with Gasteiger partial charge in [-0.05, 0) is 56.7 Å². The van der Waals surface area contributed by atoms with Crippen LogP contribution in [0.4, 0.5) is 0 Å². The monoisotopic (exact) mass is 395 g/mol. The fraction of sp³-hybridized carbons (Fsp3) is 0.381. The third kappa shape index (κ3) is 3.30. The summed E-state index contributed by atoms with van der Waals surface area (Å²) in [4.78, 5) is 20.7. The third-order valence-corrected chi connectivity index (χ3v) is 7.18. The van der Waals surface area contributed by atoms with Crippen LogP contribution in [0, 0.1) is 25.2 Å². The summed E-state index contributed by atoms with van der Waals surface area (Å²) in [5.41, 5.74) is 4.42. The van der Waals surface area contributed by atoms with Gasteiger partial charge in [-0.2, -0.15) is 5.26 Å². The van der Waals surface area contributed by atoms with Crippen LogP contribution in [0.25, 0.3) is 15.9 Å². The Kier molecular flexibility index (Phi) is 5.07. The van der Waals surface area contributed by atoms with Crippen LogP contribution in [0.2, 0.25) is 0 Å². The van der Waals surface area contributed by atoms with Crippen LogP contribution >= 0.6 is 23.1 Å². The van der Waals surface area contributed by atoms with Crippen molar-refractivity contribution >= 4 is 33.3 Å². The average Bonchev–Trinajstić information content (AvgIpc) is 3.20. The van der Waals surface area contributed by atoms with Crippen LogP contribution < -0.4 is 5.56 Å². The van der Waals surface area contributed by atoms with E-state index in [4.69, 9.17) is 10.2 Å². The van der Waals surface area contributed by atoms with Gasteiger partial charge in [0.1, 0.15) is 4.83 Å². The van der Waals surface area contributed by atoms with Gasteiger partial charge in [-0.15, -0.1) is 11.3 Å². The van der Waals surface area contributed by atoms with Gasteiger partial charge in [-0.25, -0.2) is 4.98 Å². The highest BCUT2D eigenvalue weighted by Gasteiger charge is 2.24. The van der Waals surface area contributed by atoms with E-state index in [1.807, 2.05) is 19.1 Å². The second-order valence-electron chi connectivity index (χ2n) is 6.97. The molecule has 0 saturated carbocycles. The maximum atomic E-state index is 13.6. The molecule has 0 radical (unpaired) electrons. The molecule has 0 spiro atoms. The Morgan fingerprint density at radius 2 is 2.19 bits per heavy atom. The average molecular weight is 396 g/mol. The van der Waals surface area contributed by atoms with Gasteiger partial charge in [0.2, 0.25) is 0 Å². The van der Waals surface area contributed by atoms with Gasteiger partial charge in [-0.3, -0.25) is 9.36 Å². The van der Waals surface area contributed by atoms with Crippen LogP contribution in [0.1, 0.15) is 40.8 Å². The topological polar surface area (TPSA) is 58.7 Å². The van der Waals surface area contributed by atoms with Gasteiger partial charge >= 0.3 is 0 Å². The third-order valence-electron chi connectivity index (χ3n) is 4.97. The first kappa shape index (κ1) is 18.3. The summed E-state index contributed by atoms with van der Waals surface area (Å²) in [6, 6.07) is 8.35. The van der Waals surface area contributed by atoms with Crippen LogP contribution in [-0.2, 0) is 12.8 Å². The number of aryl methyl sites for hydroxylation is 4. The van der Waals surface area contributed by atoms with E-state index in [-0.39, 0.29) is 5.56 Å². The second kappa shape index (κ2) is 7.49. The van der Waals surface area contributed by atoms with Crippen molar-refractivity contribution in [3.8, 4) is 11.8 Å². The lowest BCUT2D eigenvalue weighted by atomic mass is 10.1. The molecule has 3 aromatic rings. The molecular weight excluding hydrogens is 374 g/mol. The number of hydrogen-bond donors (Lipinski definition) is 0. The molecule has 6 heteroatoms. The van der Waals surface area contributed by atoms with Gasteiger partial charge < -0.3 is 0 Å². The molecule has 0 fully saturated rings.